The molecule has 0 unspecified atom stereocenters. The van der Waals surface area contributed by atoms with E-state index in [4.69, 9.17) is 11.6 Å². The first-order valence-corrected chi connectivity index (χ1v) is 9.61. The van der Waals surface area contributed by atoms with Crippen molar-refractivity contribution in [3.63, 3.8) is 0 Å². The van der Waals surface area contributed by atoms with Crippen LogP contribution >= 0.6 is 11.6 Å². The van der Waals surface area contributed by atoms with Crippen molar-refractivity contribution in [1.82, 2.24) is 0 Å². The second-order valence-electron chi connectivity index (χ2n) is 6.72. The number of rotatable bonds is 15. The fourth-order valence-electron chi connectivity index (χ4n) is 2.78. The maximum Gasteiger partial charge on any atom is 0.154 e. The zero-order chi connectivity index (χ0) is 15.1. The van der Waals surface area contributed by atoms with Crippen LogP contribution in [0.1, 0.15) is 90.9 Å². The molecule has 0 aromatic rings. The number of hydrogen-bond donors (Lipinski definition) is 0. The second-order valence-corrected chi connectivity index (χ2v) is 6.96. The van der Waals surface area contributed by atoms with Crippen LogP contribution in [-0.2, 0) is 0 Å². The maximum absolute atomic E-state index is 6.21. The minimum absolute atomic E-state index is 0. The van der Waals surface area contributed by atoms with Crippen molar-refractivity contribution in [3.05, 3.63) is 0 Å². The Bertz CT molecular complexity index is 184. The van der Waals surface area contributed by atoms with Crippen LogP contribution in [0.3, 0.4) is 0 Å². The van der Waals surface area contributed by atoms with Gasteiger partial charge in [0.05, 0.1) is 20.1 Å². The Kier molecular flexibility index (Phi) is 19.5. The topological polar surface area (TPSA) is 0 Å². The van der Waals surface area contributed by atoms with Crippen LogP contribution in [0.5, 0.6) is 0 Å². The summed E-state index contributed by atoms with van der Waals surface area (Å²) in [6.45, 7) is 7.10. The third-order valence-corrected chi connectivity index (χ3v) is 4.97. The van der Waals surface area contributed by atoms with Gasteiger partial charge in [-0.15, -0.1) is 0 Å². The van der Waals surface area contributed by atoms with Crippen molar-refractivity contribution in [2.75, 3.05) is 26.1 Å². The summed E-state index contributed by atoms with van der Waals surface area (Å²) >= 11 is 6.21. The van der Waals surface area contributed by atoms with E-state index in [0.717, 1.165) is 10.5 Å². The summed E-state index contributed by atoms with van der Waals surface area (Å²) in [6, 6.07) is 0.782. The van der Waals surface area contributed by atoms with Gasteiger partial charge in [0.1, 0.15) is 0 Å². The first kappa shape index (κ1) is 24.0. The minimum Gasteiger partial charge on any atom is -1.00 e. The van der Waals surface area contributed by atoms with Crippen molar-refractivity contribution in [1.29, 1.82) is 0 Å². The van der Waals surface area contributed by atoms with Gasteiger partial charge in [0, 0.05) is 0 Å². The van der Waals surface area contributed by atoms with E-state index in [9.17, 15) is 0 Å². The lowest BCUT2D eigenvalue weighted by Gasteiger charge is -2.32. The Hall–Kier alpha value is 0.730. The van der Waals surface area contributed by atoms with Gasteiger partial charge in [0.2, 0.25) is 0 Å². The molecule has 0 bridgehead atoms. The zero-order valence-electron chi connectivity index (χ0n) is 14.8. The fraction of sp³-hybridized carbons (Fsp3) is 1.00. The summed E-state index contributed by atoms with van der Waals surface area (Å²) in [6.07, 6.45) is 16.6. The predicted octanol–water partition coefficient (Wildman–Crippen LogP) is 3.35. The van der Waals surface area contributed by atoms with Crippen molar-refractivity contribution >= 4 is 11.6 Å². The Balaban J connectivity index is 0. The number of hydrogen-bond acceptors (Lipinski definition) is 0. The SMILES string of the molecule is CCCCCCCC[N+](C)(CCl)CCCCCCCC.[Br-]. The normalized spacial score (nSPS) is 11.4. The first-order chi connectivity index (χ1) is 9.68. The molecule has 0 saturated heterocycles. The summed E-state index contributed by atoms with van der Waals surface area (Å²) < 4.78 is 1.07. The van der Waals surface area contributed by atoms with Gasteiger partial charge in [-0.1, -0.05) is 76.8 Å². The Morgan fingerprint density at radius 2 is 0.952 bits per heavy atom. The van der Waals surface area contributed by atoms with E-state index in [1.165, 1.54) is 90.1 Å². The van der Waals surface area contributed by atoms with E-state index in [2.05, 4.69) is 20.9 Å². The maximum atomic E-state index is 6.21. The van der Waals surface area contributed by atoms with Gasteiger partial charge in [0.15, 0.2) is 6.00 Å². The molecule has 0 heterocycles. The van der Waals surface area contributed by atoms with E-state index in [0.29, 0.717) is 0 Å². The first-order valence-electron chi connectivity index (χ1n) is 9.08. The van der Waals surface area contributed by atoms with Gasteiger partial charge < -0.3 is 21.5 Å². The van der Waals surface area contributed by atoms with Gasteiger partial charge in [-0.2, -0.15) is 0 Å². The molecule has 0 rings (SSSR count). The van der Waals surface area contributed by atoms with Gasteiger partial charge in [-0.05, 0) is 25.7 Å². The van der Waals surface area contributed by atoms with Crippen LogP contribution in [0, 0.1) is 0 Å². The van der Waals surface area contributed by atoms with Crippen molar-refractivity contribution in [2.45, 2.75) is 90.9 Å². The van der Waals surface area contributed by atoms with E-state index in [1.807, 2.05) is 0 Å². The zero-order valence-corrected chi connectivity index (χ0v) is 17.2. The molecule has 0 saturated carbocycles. The molecule has 0 aliphatic heterocycles. The van der Waals surface area contributed by atoms with Gasteiger partial charge in [-0.25, -0.2) is 0 Å². The molecule has 1 nitrogen and oxygen atoms in total. The molecule has 130 valence electrons. The molecule has 0 spiro atoms. The largest absolute Gasteiger partial charge is 1.00 e. The lowest BCUT2D eigenvalue weighted by molar-refractivity contribution is -0.899. The molecular weight excluding hydrogens is 346 g/mol. The van der Waals surface area contributed by atoms with Gasteiger partial charge in [0.25, 0.3) is 0 Å². The smallest absolute Gasteiger partial charge is 0.154 e. The highest BCUT2D eigenvalue weighted by Gasteiger charge is 2.18. The average Bonchev–Trinajstić information content (AvgIpc) is 2.46. The van der Waals surface area contributed by atoms with Crippen LogP contribution in [-0.4, -0.2) is 30.6 Å². The quantitative estimate of drug-likeness (QED) is 0.176. The summed E-state index contributed by atoms with van der Waals surface area (Å²) in [4.78, 5) is 0. The van der Waals surface area contributed by atoms with Crippen molar-refractivity contribution in [3.8, 4) is 0 Å². The number of alkyl halides is 1. The minimum atomic E-state index is 0. The molecular formula is C18H39BrClN. The molecule has 0 amide bonds. The second kappa shape index (κ2) is 17.1. The van der Waals surface area contributed by atoms with Crippen LogP contribution in [0.4, 0.5) is 0 Å². The predicted molar refractivity (Wildman–Crippen MR) is 93.4 cm³/mol. The Morgan fingerprint density at radius 3 is 1.29 bits per heavy atom. The highest BCUT2D eigenvalue weighted by molar-refractivity contribution is 6.16. The van der Waals surface area contributed by atoms with Crippen LogP contribution in [0.2, 0.25) is 0 Å². The molecule has 21 heavy (non-hydrogen) atoms. The third kappa shape index (κ3) is 15.4. The molecule has 0 aliphatic carbocycles. The highest BCUT2D eigenvalue weighted by Crippen LogP contribution is 2.14. The molecule has 0 atom stereocenters. The standard InChI is InChI=1S/C18H39ClN.BrH/c1-4-6-8-10-12-14-16-20(3,18-19)17-15-13-11-9-7-5-2;/h4-18H2,1-3H3;1H/q+1;/p-1. The number of halogens is 2. The van der Waals surface area contributed by atoms with Crippen molar-refractivity contribution in [2.24, 2.45) is 0 Å². The Morgan fingerprint density at radius 1 is 0.619 bits per heavy atom. The van der Waals surface area contributed by atoms with E-state index in [1.54, 1.807) is 0 Å². The Labute approximate surface area is 150 Å². The summed E-state index contributed by atoms with van der Waals surface area (Å²) in [5, 5.41) is 0. The van der Waals surface area contributed by atoms with Crippen LogP contribution in [0.25, 0.3) is 0 Å². The highest BCUT2D eigenvalue weighted by atomic mass is 79.9. The fourth-order valence-corrected chi connectivity index (χ4v) is 3.02. The molecule has 0 N–H and O–H groups in total. The molecule has 0 aromatic heterocycles. The molecule has 0 aliphatic rings. The van der Waals surface area contributed by atoms with E-state index in [-0.39, 0.29) is 17.0 Å². The number of nitrogens with zero attached hydrogens (tertiary/aromatic N) is 1. The monoisotopic (exact) mass is 383 g/mol. The molecule has 0 aromatic carbocycles. The summed E-state index contributed by atoms with van der Waals surface area (Å²) in [7, 11) is 2.34. The number of unbranched alkanes of at least 4 members (excludes halogenated alkanes) is 10. The average molecular weight is 385 g/mol. The van der Waals surface area contributed by atoms with E-state index >= 15 is 0 Å². The van der Waals surface area contributed by atoms with Crippen LogP contribution in [0.15, 0.2) is 0 Å². The lowest BCUT2D eigenvalue weighted by Crippen LogP contribution is -3.00. The lowest BCUT2D eigenvalue weighted by atomic mass is 10.1. The van der Waals surface area contributed by atoms with Crippen molar-refractivity contribution < 1.29 is 21.5 Å². The summed E-state index contributed by atoms with van der Waals surface area (Å²) in [5.41, 5.74) is 0. The summed E-state index contributed by atoms with van der Waals surface area (Å²) in [5.74, 6) is 0. The van der Waals surface area contributed by atoms with Crippen LogP contribution < -0.4 is 17.0 Å². The molecule has 3 heteroatoms. The molecule has 0 radical (unpaired) electrons. The third-order valence-electron chi connectivity index (χ3n) is 4.39. The van der Waals surface area contributed by atoms with Gasteiger partial charge >= 0.3 is 0 Å². The van der Waals surface area contributed by atoms with Gasteiger partial charge in [-0.3, -0.25) is 0 Å². The molecule has 0 fully saturated rings. The number of quaternary nitrogens is 1. The van der Waals surface area contributed by atoms with E-state index < -0.39 is 0 Å².